The second-order valence-corrected chi connectivity index (χ2v) is 3.92. The molecular formula is C10H16N2OS. The van der Waals surface area contributed by atoms with E-state index in [2.05, 4.69) is 10.3 Å². The van der Waals surface area contributed by atoms with Crippen molar-refractivity contribution in [1.82, 2.24) is 10.3 Å². The van der Waals surface area contributed by atoms with Crippen molar-refractivity contribution < 1.29 is 4.79 Å². The summed E-state index contributed by atoms with van der Waals surface area (Å²) in [4.78, 5) is 15.3. The molecule has 78 valence electrons. The molecule has 1 amide bonds. The van der Waals surface area contributed by atoms with Crippen LogP contribution < -0.4 is 5.32 Å². The molecule has 2 heterocycles. The minimum absolute atomic E-state index is 0.146. The van der Waals surface area contributed by atoms with E-state index in [0.717, 1.165) is 17.2 Å². The topological polar surface area (TPSA) is 42.0 Å². The largest absolute Gasteiger partial charge is 0.355 e. The zero-order valence-electron chi connectivity index (χ0n) is 8.83. The van der Waals surface area contributed by atoms with E-state index in [1.807, 2.05) is 26.2 Å². The van der Waals surface area contributed by atoms with E-state index in [-0.39, 0.29) is 5.91 Å². The van der Waals surface area contributed by atoms with Crippen molar-refractivity contribution in [1.29, 1.82) is 0 Å². The molecule has 1 aliphatic heterocycles. The van der Waals surface area contributed by atoms with Crippen LogP contribution in [0.3, 0.4) is 0 Å². The molecule has 0 bridgehead atoms. The third kappa shape index (κ3) is 2.54. The zero-order chi connectivity index (χ0) is 10.6. The summed E-state index contributed by atoms with van der Waals surface area (Å²) in [7, 11) is 0. The fourth-order valence-corrected chi connectivity index (χ4v) is 2.24. The van der Waals surface area contributed by atoms with Crippen LogP contribution in [0.5, 0.6) is 0 Å². The normalized spacial score (nSPS) is 19.9. The van der Waals surface area contributed by atoms with Gasteiger partial charge in [-0.1, -0.05) is 13.8 Å². The molecule has 3 nitrogen and oxygen atoms in total. The van der Waals surface area contributed by atoms with Crippen molar-refractivity contribution in [3.8, 4) is 0 Å². The second-order valence-electron chi connectivity index (χ2n) is 3.03. The number of rotatable bonds is 1. The molecule has 0 saturated carbocycles. The molecule has 1 aromatic rings. The Kier molecular flexibility index (Phi) is 4.07. The van der Waals surface area contributed by atoms with E-state index >= 15 is 0 Å². The Morgan fingerprint density at radius 3 is 2.71 bits per heavy atom. The summed E-state index contributed by atoms with van der Waals surface area (Å²) >= 11 is 1.65. The quantitative estimate of drug-likeness (QED) is 0.774. The maximum atomic E-state index is 10.9. The van der Waals surface area contributed by atoms with Gasteiger partial charge >= 0.3 is 0 Å². The Morgan fingerprint density at radius 2 is 2.29 bits per heavy atom. The van der Waals surface area contributed by atoms with Gasteiger partial charge in [0, 0.05) is 30.0 Å². The van der Waals surface area contributed by atoms with Gasteiger partial charge in [0.05, 0.1) is 5.01 Å². The van der Waals surface area contributed by atoms with Gasteiger partial charge in [-0.2, -0.15) is 0 Å². The minimum Gasteiger partial charge on any atom is -0.355 e. The molecule has 0 aromatic carbocycles. The minimum atomic E-state index is 0.146. The van der Waals surface area contributed by atoms with Crippen LogP contribution >= 0.6 is 11.3 Å². The van der Waals surface area contributed by atoms with E-state index in [9.17, 15) is 4.79 Å². The predicted molar refractivity (Wildman–Crippen MR) is 58.6 cm³/mol. The molecule has 1 aromatic heterocycles. The molecule has 1 saturated heterocycles. The average Bonchev–Trinajstić information content (AvgIpc) is 2.78. The molecule has 1 atom stereocenters. The monoisotopic (exact) mass is 212 g/mol. The van der Waals surface area contributed by atoms with Crippen molar-refractivity contribution in [3.05, 3.63) is 16.1 Å². The first-order valence-corrected chi connectivity index (χ1v) is 5.82. The van der Waals surface area contributed by atoms with Gasteiger partial charge in [-0.15, -0.1) is 11.3 Å². The maximum Gasteiger partial charge on any atom is 0.220 e. The second kappa shape index (κ2) is 5.10. The number of aromatic nitrogens is 1. The van der Waals surface area contributed by atoms with E-state index in [4.69, 9.17) is 0 Å². The molecule has 4 heteroatoms. The molecule has 2 rings (SSSR count). The number of nitrogens with zero attached hydrogens (tertiary/aromatic N) is 1. The molecule has 0 radical (unpaired) electrons. The third-order valence-electron chi connectivity index (χ3n) is 1.96. The fourth-order valence-electron chi connectivity index (χ4n) is 1.34. The first-order valence-electron chi connectivity index (χ1n) is 4.94. The van der Waals surface area contributed by atoms with Crippen LogP contribution in [-0.4, -0.2) is 17.4 Å². The Bertz CT molecular complexity index is 309. The van der Waals surface area contributed by atoms with E-state index in [1.165, 1.54) is 0 Å². The van der Waals surface area contributed by atoms with Gasteiger partial charge in [-0.05, 0) is 6.92 Å². The molecular weight excluding hydrogens is 196 g/mol. The van der Waals surface area contributed by atoms with Gasteiger partial charge in [0.15, 0.2) is 0 Å². The van der Waals surface area contributed by atoms with E-state index < -0.39 is 0 Å². The molecule has 0 spiro atoms. The lowest BCUT2D eigenvalue weighted by Crippen LogP contribution is -2.13. The Morgan fingerprint density at radius 1 is 1.57 bits per heavy atom. The summed E-state index contributed by atoms with van der Waals surface area (Å²) in [5, 5.41) is 5.92. The first kappa shape index (κ1) is 11.2. The van der Waals surface area contributed by atoms with E-state index in [1.54, 1.807) is 11.3 Å². The van der Waals surface area contributed by atoms with Crippen LogP contribution in [0.2, 0.25) is 0 Å². The lowest BCUT2D eigenvalue weighted by Gasteiger charge is -1.99. The van der Waals surface area contributed by atoms with Crippen LogP contribution in [0.15, 0.2) is 5.38 Å². The summed E-state index contributed by atoms with van der Waals surface area (Å²) in [6.07, 6.45) is 0.604. The van der Waals surface area contributed by atoms with Crippen LogP contribution in [0.25, 0.3) is 0 Å². The lowest BCUT2D eigenvalue weighted by molar-refractivity contribution is -0.119. The van der Waals surface area contributed by atoms with Gasteiger partial charge in [0.2, 0.25) is 5.91 Å². The van der Waals surface area contributed by atoms with Crippen molar-refractivity contribution in [2.45, 2.75) is 33.1 Å². The summed E-state index contributed by atoms with van der Waals surface area (Å²) < 4.78 is 0. The average molecular weight is 212 g/mol. The molecule has 0 aliphatic carbocycles. The highest BCUT2D eigenvalue weighted by Gasteiger charge is 2.24. The molecule has 1 N–H and O–H groups in total. The summed E-state index contributed by atoms with van der Waals surface area (Å²) in [6.45, 7) is 6.73. The number of carbonyl (C=O) groups is 1. The van der Waals surface area contributed by atoms with Gasteiger partial charge in [-0.3, -0.25) is 4.79 Å². The number of hydrogen-bond donors (Lipinski definition) is 1. The maximum absolute atomic E-state index is 10.9. The van der Waals surface area contributed by atoms with Crippen molar-refractivity contribution in [2.75, 3.05) is 6.54 Å². The lowest BCUT2D eigenvalue weighted by atomic mass is 10.1. The van der Waals surface area contributed by atoms with Crippen molar-refractivity contribution >= 4 is 17.2 Å². The van der Waals surface area contributed by atoms with Gasteiger partial charge < -0.3 is 5.32 Å². The third-order valence-corrected chi connectivity index (χ3v) is 3.09. The van der Waals surface area contributed by atoms with E-state index in [0.29, 0.717) is 12.3 Å². The number of carbonyl (C=O) groups excluding carboxylic acids is 1. The summed E-state index contributed by atoms with van der Waals surface area (Å²) in [5.41, 5.74) is 1.05. The predicted octanol–water partition coefficient (Wildman–Crippen LogP) is 2.08. The van der Waals surface area contributed by atoms with Crippen LogP contribution in [0.1, 0.15) is 36.9 Å². The number of amides is 1. The Labute approximate surface area is 88.6 Å². The van der Waals surface area contributed by atoms with Gasteiger partial charge in [0.25, 0.3) is 0 Å². The number of hydrogen-bond acceptors (Lipinski definition) is 3. The van der Waals surface area contributed by atoms with Crippen LogP contribution in [0, 0.1) is 6.92 Å². The summed E-state index contributed by atoms with van der Waals surface area (Å²) in [5.74, 6) is 0.462. The first-order chi connectivity index (χ1) is 6.75. The molecule has 1 fully saturated rings. The SMILES string of the molecule is CC.Cc1csc(C2CNC(=O)C2)n1. The van der Waals surface area contributed by atoms with Crippen LogP contribution in [0.4, 0.5) is 0 Å². The number of thiazole rings is 1. The van der Waals surface area contributed by atoms with Crippen LogP contribution in [-0.2, 0) is 4.79 Å². The smallest absolute Gasteiger partial charge is 0.220 e. The summed E-state index contributed by atoms with van der Waals surface area (Å²) in [6, 6.07) is 0. The number of aryl methyl sites for hydroxylation is 1. The highest BCUT2D eigenvalue weighted by Crippen LogP contribution is 2.25. The highest BCUT2D eigenvalue weighted by atomic mass is 32.1. The number of nitrogens with one attached hydrogen (secondary N) is 1. The molecule has 14 heavy (non-hydrogen) atoms. The Hall–Kier alpha value is -0.900. The molecule has 1 aliphatic rings. The zero-order valence-corrected chi connectivity index (χ0v) is 9.65. The van der Waals surface area contributed by atoms with Crippen molar-refractivity contribution in [2.24, 2.45) is 0 Å². The Balaban J connectivity index is 0.000000461. The van der Waals surface area contributed by atoms with Gasteiger partial charge in [-0.25, -0.2) is 4.98 Å². The fraction of sp³-hybridized carbons (Fsp3) is 0.600. The van der Waals surface area contributed by atoms with Crippen molar-refractivity contribution in [3.63, 3.8) is 0 Å². The standard InChI is InChI=1S/C8H10N2OS.C2H6/c1-5-4-12-8(10-5)6-2-7(11)9-3-6;1-2/h4,6H,2-3H2,1H3,(H,9,11);1-2H3. The van der Waals surface area contributed by atoms with Gasteiger partial charge in [0.1, 0.15) is 0 Å². The molecule has 1 unspecified atom stereocenters. The highest BCUT2D eigenvalue weighted by molar-refractivity contribution is 7.09.